The smallest absolute Gasteiger partial charge is 0.260 e. The number of anilines is 1. The Morgan fingerprint density at radius 3 is 2.81 bits per heavy atom. The summed E-state index contributed by atoms with van der Waals surface area (Å²) in [6, 6.07) is 13.0. The van der Waals surface area contributed by atoms with Crippen LogP contribution in [0.1, 0.15) is 31.2 Å². The first-order valence-corrected chi connectivity index (χ1v) is 12.4. The Kier molecular flexibility index (Phi) is 8.84. The first-order chi connectivity index (χ1) is 17.6. The van der Waals surface area contributed by atoms with Gasteiger partial charge in [0, 0.05) is 44.4 Å². The molecule has 1 atom stereocenters. The minimum Gasteiger partial charge on any atom is -0.493 e. The van der Waals surface area contributed by atoms with E-state index in [1.807, 2.05) is 36.4 Å². The minimum atomic E-state index is -0.140. The molecule has 36 heavy (non-hydrogen) atoms. The standard InChI is InChI=1S/C28H34N2O6/c1-3-14-35-25-12-11-21(16-26(25)33-2)18-29(19-24-9-6-15-34-24)28(32)20-36-23-8-4-7-22(17-23)30-13-5-10-27(30)31/h3-4,7-8,11-12,16-17,24H,1,5-6,9-10,13-15,18-20H2,2H3. The molecule has 2 aliphatic heterocycles. The van der Waals surface area contributed by atoms with Gasteiger partial charge in [-0.1, -0.05) is 24.8 Å². The zero-order valence-corrected chi connectivity index (χ0v) is 20.8. The highest BCUT2D eigenvalue weighted by Crippen LogP contribution is 2.29. The molecule has 0 saturated carbocycles. The summed E-state index contributed by atoms with van der Waals surface area (Å²) in [7, 11) is 1.59. The maximum absolute atomic E-state index is 13.3. The fourth-order valence-electron chi connectivity index (χ4n) is 4.49. The van der Waals surface area contributed by atoms with Crippen molar-refractivity contribution in [3.63, 3.8) is 0 Å². The molecule has 2 amide bonds. The minimum absolute atomic E-state index is 0.00977. The quantitative estimate of drug-likeness (QED) is 0.416. The number of carbonyl (C=O) groups is 2. The van der Waals surface area contributed by atoms with Crippen LogP contribution in [0.15, 0.2) is 55.1 Å². The Balaban J connectivity index is 1.43. The van der Waals surface area contributed by atoms with Gasteiger partial charge in [0.1, 0.15) is 12.4 Å². The van der Waals surface area contributed by atoms with Crippen LogP contribution in [0.2, 0.25) is 0 Å². The van der Waals surface area contributed by atoms with E-state index in [1.54, 1.807) is 29.1 Å². The van der Waals surface area contributed by atoms with Crippen LogP contribution < -0.4 is 19.1 Å². The molecule has 2 aromatic carbocycles. The van der Waals surface area contributed by atoms with Crippen molar-refractivity contribution in [1.29, 1.82) is 0 Å². The van der Waals surface area contributed by atoms with Crippen LogP contribution in [0.3, 0.4) is 0 Å². The lowest BCUT2D eigenvalue weighted by molar-refractivity contribution is -0.135. The maximum Gasteiger partial charge on any atom is 0.260 e. The van der Waals surface area contributed by atoms with E-state index in [2.05, 4.69) is 6.58 Å². The maximum atomic E-state index is 13.3. The molecule has 4 rings (SSSR count). The number of benzene rings is 2. The summed E-state index contributed by atoms with van der Waals surface area (Å²) in [4.78, 5) is 28.9. The van der Waals surface area contributed by atoms with Gasteiger partial charge in [-0.15, -0.1) is 0 Å². The normalized spacial score (nSPS) is 17.2. The van der Waals surface area contributed by atoms with Gasteiger partial charge in [-0.05, 0) is 49.1 Å². The SMILES string of the molecule is C=CCOc1ccc(CN(CC2CCCO2)C(=O)COc2cccc(N3CCCC3=O)c2)cc1OC. The van der Waals surface area contributed by atoms with Crippen LogP contribution in [0.5, 0.6) is 17.2 Å². The molecular formula is C28H34N2O6. The van der Waals surface area contributed by atoms with Crippen LogP contribution in [0.25, 0.3) is 0 Å². The predicted molar refractivity (Wildman–Crippen MR) is 137 cm³/mol. The Labute approximate surface area is 212 Å². The molecule has 0 spiro atoms. The molecule has 2 saturated heterocycles. The monoisotopic (exact) mass is 494 g/mol. The van der Waals surface area contributed by atoms with E-state index in [0.29, 0.717) is 56.5 Å². The molecule has 1 unspecified atom stereocenters. The molecule has 2 aromatic rings. The summed E-state index contributed by atoms with van der Waals surface area (Å²) in [6.07, 6.45) is 5.02. The van der Waals surface area contributed by atoms with Crippen molar-refractivity contribution < 1.29 is 28.5 Å². The summed E-state index contributed by atoms with van der Waals surface area (Å²) in [5, 5.41) is 0. The van der Waals surface area contributed by atoms with Crippen molar-refractivity contribution >= 4 is 17.5 Å². The first-order valence-electron chi connectivity index (χ1n) is 12.4. The molecule has 0 bridgehead atoms. The van der Waals surface area contributed by atoms with Crippen molar-refractivity contribution in [1.82, 2.24) is 4.90 Å². The van der Waals surface area contributed by atoms with Crippen molar-refractivity contribution in [2.24, 2.45) is 0 Å². The lowest BCUT2D eigenvalue weighted by Gasteiger charge is -2.26. The average Bonchev–Trinajstić information content (AvgIpc) is 3.57. The number of ether oxygens (including phenoxy) is 4. The largest absolute Gasteiger partial charge is 0.493 e. The molecule has 2 aliphatic rings. The van der Waals surface area contributed by atoms with Gasteiger partial charge in [0.15, 0.2) is 18.1 Å². The van der Waals surface area contributed by atoms with E-state index in [1.165, 1.54) is 0 Å². The summed E-state index contributed by atoms with van der Waals surface area (Å²) in [5.41, 5.74) is 1.71. The van der Waals surface area contributed by atoms with E-state index in [-0.39, 0.29) is 24.5 Å². The van der Waals surface area contributed by atoms with Gasteiger partial charge in [0.25, 0.3) is 5.91 Å². The third kappa shape index (κ3) is 6.57. The van der Waals surface area contributed by atoms with Gasteiger partial charge < -0.3 is 28.7 Å². The molecule has 0 radical (unpaired) electrons. The van der Waals surface area contributed by atoms with E-state index in [0.717, 1.165) is 30.5 Å². The molecule has 2 fully saturated rings. The molecule has 0 aliphatic carbocycles. The second-order valence-corrected chi connectivity index (χ2v) is 8.93. The molecule has 0 N–H and O–H groups in total. The number of nitrogens with zero attached hydrogens (tertiary/aromatic N) is 2. The molecule has 2 heterocycles. The Hall–Kier alpha value is -3.52. The van der Waals surface area contributed by atoms with E-state index in [9.17, 15) is 9.59 Å². The van der Waals surface area contributed by atoms with Crippen molar-refractivity contribution in [2.45, 2.75) is 38.3 Å². The zero-order valence-electron chi connectivity index (χ0n) is 20.8. The Bertz CT molecular complexity index is 1070. The van der Waals surface area contributed by atoms with Crippen LogP contribution in [0.4, 0.5) is 5.69 Å². The van der Waals surface area contributed by atoms with Gasteiger partial charge in [-0.25, -0.2) is 0 Å². The number of hydrogen-bond donors (Lipinski definition) is 0. The third-order valence-electron chi connectivity index (χ3n) is 6.32. The topological polar surface area (TPSA) is 77.5 Å². The van der Waals surface area contributed by atoms with Gasteiger partial charge >= 0.3 is 0 Å². The zero-order chi connectivity index (χ0) is 25.3. The van der Waals surface area contributed by atoms with Crippen molar-refractivity contribution in [3.8, 4) is 17.2 Å². The molecule has 8 heteroatoms. The highest BCUT2D eigenvalue weighted by atomic mass is 16.5. The average molecular weight is 495 g/mol. The summed E-state index contributed by atoms with van der Waals surface area (Å²) in [5.74, 6) is 1.76. The van der Waals surface area contributed by atoms with Crippen molar-refractivity contribution in [3.05, 3.63) is 60.7 Å². The predicted octanol–water partition coefficient (Wildman–Crippen LogP) is 3.97. The summed E-state index contributed by atoms with van der Waals surface area (Å²) < 4.78 is 22.8. The van der Waals surface area contributed by atoms with E-state index in [4.69, 9.17) is 18.9 Å². The lowest BCUT2D eigenvalue weighted by Crippen LogP contribution is -2.39. The van der Waals surface area contributed by atoms with Gasteiger partial charge in [0.2, 0.25) is 5.91 Å². The number of amides is 2. The van der Waals surface area contributed by atoms with Crippen LogP contribution in [0, 0.1) is 0 Å². The second-order valence-electron chi connectivity index (χ2n) is 8.93. The lowest BCUT2D eigenvalue weighted by atomic mass is 10.1. The van der Waals surface area contributed by atoms with Gasteiger partial charge in [-0.2, -0.15) is 0 Å². The highest BCUT2D eigenvalue weighted by molar-refractivity contribution is 5.95. The molecule has 192 valence electrons. The van der Waals surface area contributed by atoms with Crippen LogP contribution in [-0.4, -0.2) is 62.8 Å². The van der Waals surface area contributed by atoms with Crippen LogP contribution >= 0.6 is 0 Å². The van der Waals surface area contributed by atoms with E-state index >= 15 is 0 Å². The number of carbonyl (C=O) groups excluding carboxylic acids is 2. The van der Waals surface area contributed by atoms with Gasteiger partial charge in [0.05, 0.1) is 13.2 Å². The fourth-order valence-corrected chi connectivity index (χ4v) is 4.49. The van der Waals surface area contributed by atoms with Crippen LogP contribution in [-0.2, 0) is 20.9 Å². The molecule has 8 nitrogen and oxygen atoms in total. The molecule has 0 aromatic heterocycles. The Morgan fingerprint density at radius 2 is 2.08 bits per heavy atom. The number of rotatable bonds is 12. The molecular weight excluding hydrogens is 460 g/mol. The van der Waals surface area contributed by atoms with Gasteiger partial charge in [-0.3, -0.25) is 9.59 Å². The Morgan fingerprint density at radius 1 is 1.19 bits per heavy atom. The van der Waals surface area contributed by atoms with E-state index < -0.39 is 0 Å². The summed E-state index contributed by atoms with van der Waals surface area (Å²) in [6.45, 7) is 6.24. The second kappa shape index (κ2) is 12.4. The highest BCUT2D eigenvalue weighted by Gasteiger charge is 2.25. The van der Waals surface area contributed by atoms with Crippen molar-refractivity contribution in [2.75, 3.05) is 44.9 Å². The first kappa shape index (κ1) is 25.6. The number of methoxy groups -OCH3 is 1. The summed E-state index contributed by atoms with van der Waals surface area (Å²) >= 11 is 0. The third-order valence-corrected chi connectivity index (χ3v) is 6.32. The number of hydrogen-bond acceptors (Lipinski definition) is 6. The fraction of sp³-hybridized carbons (Fsp3) is 0.429.